The van der Waals surface area contributed by atoms with Gasteiger partial charge in [-0.05, 0) is 50.2 Å². The quantitative estimate of drug-likeness (QED) is 0.741. The second-order valence-electron chi connectivity index (χ2n) is 7.95. The lowest BCUT2D eigenvalue weighted by Crippen LogP contribution is -2.40. The van der Waals surface area contributed by atoms with Crippen LogP contribution in [0, 0.1) is 12.8 Å². The number of carbonyl (C=O) groups excluding carboxylic acids is 2. The van der Waals surface area contributed by atoms with Gasteiger partial charge in [-0.15, -0.1) is 0 Å². The molecule has 0 radical (unpaired) electrons. The molecule has 0 N–H and O–H groups in total. The number of aryl methyl sites for hydroxylation is 1. The third kappa shape index (κ3) is 4.02. The maximum Gasteiger partial charge on any atom is 0.310 e. The fourth-order valence-corrected chi connectivity index (χ4v) is 4.46. The van der Waals surface area contributed by atoms with Crippen LogP contribution >= 0.6 is 0 Å². The summed E-state index contributed by atoms with van der Waals surface area (Å²) in [4.78, 5) is 36.2. The van der Waals surface area contributed by atoms with Crippen LogP contribution in [0.3, 0.4) is 0 Å². The molecule has 2 aliphatic rings. The number of esters is 1. The Hall–Kier alpha value is -2.76. The minimum atomic E-state index is -0.148. The molecule has 1 fully saturated rings. The van der Waals surface area contributed by atoms with Gasteiger partial charge in [0.15, 0.2) is 5.78 Å². The molecule has 2 atom stereocenters. The Bertz CT molecular complexity index is 927. The van der Waals surface area contributed by atoms with Crippen molar-refractivity contribution < 1.29 is 14.3 Å². The molecule has 2 heterocycles. The molecule has 29 heavy (non-hydrogen) atoms. The van der Waals surface area contributed by atoms with Gasteiger partial charge >= 0.3 is 5.97 Å². The third-order valence-corrected chi connectivity index (χ3v) is 5.98. The number of ether oxygens (including phenoxy) is 1. The molecule has 152 valence electrons. The van der Waals surface area contributed by atoms with Crippen LogP contribution in [0.15, 0.2) is 30.5 Å². The Kier molecular flexibility index (Phi) is 5.60. The number of Topliss-reactive ketones (excluding diaryl/α,β-unsaturated/α-hetero) is 1. The molecule has 0 amide bonds. The fraction of sp³-hybridized carbons (Fsp3) is 0.478. The Morgan fingerprint density at radius 2 is 2.10 bits per heavy atom. The van der Waals surface area contributed by atoms with E-state index in [2.05, 4.69) is 24.0 Å². The SMILES string of the molecule is CCOC(=O)C1CCCN(c2ncc3c(n2)CC(c2ccccc2C)CC3=O)C1. The van der Waals surface area contributed by atoms with E-state index in [1.165, 1.54) is 11.1 Å². The van der Waals surface area contributed by atoms with Gasteiger partial charge in [-0.1, -0.05) is 24.3 Å². The second kappa shape index (κ2) is 8.31. The van der Waals surface area contributed by atoms with E-state index in [9.17, 15) is 9.59 Å². The van der Waals surface area contributed by atoms with E-state index >= 15 is 0 Å². The number of carbonyl (C=O) groups is 2. The number of benzene rings is 1. The third-order valence-electron chi connectivity index (χ3n) is 5.98. The van der Waals surface area contributed by atoms with Gasteiger partial charge in [0.2, 0.25) is 5.95 Å². The molecule has 1 aromatic carbocycles. The highest BCUT2D eigenvalue weighted by Crippen LogP contribution is 2.34. The zero-order valence-corrected chi connectivity index (χ0v) is 17.1. The summed E-state index contributed by atoms with van der Waals surface area (Å²) >= 11 is 0. The van der Waals surface area contributed by atoms with Crippen LogP contribution in [0.25, 0.3) is 0 Å². The lowest BCUT2D eigenvalue weighted by molar-refractivity contribution is -0.148. The number of aromatic nitrogens is 2. The summed E-state index contributed by atoms with van der Waals surface area (Å²) in [5, 5.41) is 0. The van der Waals surface area contributed by atoms with Crippen molar-refractivity contribution in [2.75, 3.05) is 24.6 Å². The number of anilines is 1. The maximum atomic E-state index is 12.7. The summed E-state index contributed by atoms with van der Waals surface area (Å²) in [6, 6.07) is 8.24. The summed E-state index contributed by atoms with van der Waals surface area (Å²) in [6.07, 6.45) is 4.62. The van der Waals surface area contributed by atoms with Crippen molar-refractivity contribution in [1.29, 1.82) is 0 Å². The highest BCUT2D eigenvalue weighted by atomic mass is 16.5. The summed E-state index contributed by atoms with van der Waals surface area (Å²) in [7, 11) is 0. The van der Waals surface area contributed by atoms with Gasteiger partial charge in [0.1, 0.15) is 0 Å². The van der Waals surface area contributed by atoms with Crippen molar-refractivity contribution in [3.63, 3.8) is 0 Å². The number of hydrogen-bond donors (Lipinski definition) is 0. The summed E-state index contributed by atoms with van der Waals surface area (Å²) in [6.45, 7) is 5.68. The fourth-order valence-electron chi connectivity index (χ4n) is 4.46. The van der Waals surface area contributed by atoms with Gasteiger partial charge in [0, 0.05) is 25.7 Å². The van der Waals surface area contributed by atoms with Gasteiger partial charge in [-0.3, -0.25) is 9.59 Å². The topological polar surface area (TPSA) is 72.4 Å². The largest absolute Gasteiger partial charge is 0.466 e. The van der Waals surface area contributed by atoms with Crippen molar-refractivity contribution in [2.45, 2.75) is 45.4 Å². The first-order valence-corrected chi connectivity index (χ1v) is 10.4. The molecular formula is C23H27N3O3. The van der Waals surface area contributed by atoms with E-state index in [4.69, 9.17) is 9.72 Å². The molecule has 2 aromatic rings. The van der Waals surface area contributed by atoms with Gasteiger partial charge in [-0.25, -0.2) is 9.97 Å². The van der Waals surface area contributed by atoms with Crippen LogP contribution in [0.1, 0.15) is 59.3 Å². The van der Waals surface area contributed by atoms with Gasteiger partial charge < -0.3 is 9.64 Å². The van der Waals surface area contributed by atoms with Crippen LogP contribution < -0.4 is 4.90 Å². The van der Waals surface area contributed by atoms with Crippen LogP contribution in [0.4, 0.5) is 5.95 Å². The van der Waals surface area contributed by atoms with Crippen LogP contribution in [0.5, 0.6) is 0 Å². The molecule has 1 aliphatic heterocycles. The smallest absolute Gasteiger partial charge is 0.310 e. The normalized spacial score (nSPS) is 21.6. The van der Waals surface area contributed by atoms with E-state index < -0.39 is 0 Å². The molecule has 6 heteroatoms. The van der Waals surface area contributed by atoms with E-state index in [-0.39, 0.29) is 23.6 Å². The highest BCUT2D eigenvalue weighted by molar-refractivity contribution is 5.98. The Balaban J connectivity index is 1.57. The summed E-state index contributed by atoms with van der Waals surface area (Å²) < 4.78 is 5.19. The molecule has 0 saturated carbocycles. The van der Waals surface area contributed by atoms with Crippen molar-refractivity contribution in [2.24, 2.45) is 5.92 Å². The summed E-state index contributed by atoms with van der Waals surface area (Å²) in [5.41, 5.74) is 3.87. The minimum Gasteiger partial charge on any atom is -0.466 e. The van der Waals surface area contributed by atoms with Gasteiger partial charge in [0.05, 0.1) is 23.8 Å². The number of hydrogen-bond acceptors (Lipinski definition) is 6. The maximum absolute atomic E-state index is 12.7. The Labute approximate surface area is 171 Å². The molecule has 1 aromatic heterocycles. The van der Waals surface area contributed by atoms with Gasteiger partial charge in [-0.2, -0.15) is 0 Å². The van der Waals surface area contributed by atoms with E-state index in [1.807, 2.05) is 24.0 Å². The first kappa shape index (κ1) is 19.6. The first-order chi connectivity index (χ1) is 14.1. The first-order valence-electron chi connectivity index (χ1n) is 10.4. The lowest BCUT2D eigenvalue weighted by Gasteiger charge is -2.32. The number of fused-ring (bicyclic) bond motifs is 1. The Morgan fingerprint density at radius 3 is 2.90 bits per heavy atom. The molecule has 1 saturated heterocycles. The standard InChI is InChI=1S/C23H27N3O3/c1-3-29-22(28)16-8-6-10-26(14-16)23-24-13-19-20(25-23)11-17(12-21(19)27)18-9-5-4-7-15(18)2/h4-5,7,9,13,16-17H,3,6,8,10-12,14H2,1-2H3. The van der Waals surface area contributed by atoms with Crippen LogP contribution in [-0.2, 0) is 16.0 Å². The lowest BCUT2D eigenvalue weighted by atomic mass is 9.81. The molecule has 2 unspecified atom stereocenters. The minimum absolute atomic E-state index is 0.106. The Morgan fingerprint density at radius 1 is 1.28 bits per heavy atom. The van der Waals surface area contributed by atoms with Crippen molar-refractivity contribution >= 4 is 17.7 Å². The van der Waals surface area contributed by atoms with Crippen molar-refractivity contribution in [1.82, 2.24) is 9.97 Å². The molecule has 0 spiro atoms. The molecule has 4 rings (SSSR count). The van der Waals surface area contributed by atoms with E-state index in [0.29, 0.717) is 31.1 Å². The zero-order valence-electron chi connectivity index (χ0n) is 17.1. The molecule has 0 bridgehead atoms. The molecule has 1 aliphatic carbocycles. The highest BCUT2D eigenvalue weighted by Gasteiger charge is 2.31. The average molecular weight is 393 g/mol. The van der Waals surface area contributed by atoms with E-state index in [1.54, 1.807) is 6.20 Å². The van der Waals surface area contributed by atoms with Gasteiger partial charge in [0.25, 0.3) is 0 Å². The molecule has 6 nitrogen and oxygen atoms in total. The predicted molar refractivity (Wildman–Crippen MR) is 110 cm³/mol. The monoisotopic (exact) mass is 393 g/mol. The number of rotatable bonds is 4. The summed E-state index contributed by atoms with van der Waals surface area (Å²) in [5.74, 6) is 0.562. The number of nitrogens with zero attached hydrogens (tertiary/aromatic N) is 3. The number of piperidine rings is 1. The average Bonchev–Trinajstić information content (AvgIpc) is 2.74. The van der Waals surface area contributed by atoms with Crippen molar-refractivity contribution in [3.05, 3.63) is 52.8 Å². The zero-order chi connectivity index (χ0) is 20.4. The van der Waals surface area contributed by atoms with Crippen LogP contribution in [-0.4, -0.2) is 41.4 Å². The van der Waals surface area contributed by atoms with Crippen LogP contribution in [0.2, 0.25) is 0 Å². The van der Waals surface area contributed by atoms with E-state index in [0.717, 1.165) is 31.5 Å². The number of ketones is 1. The van der Waals surface area contributed by atoms with Crippen molar-refractivity contribution in [3.8, 4) is 0 Å². The predicted octanol–water partition coefficient (Wildman–Crippen LogP) is 3.48. The second-order valence-corrected chi connectivity index (χ2v) is 7.95. The molecular weight excluding hydrogens is 366 g/mol.